The molecule has 0 aliphatic rings. The molecule has 0 aromatic heterocycles. The second-order valence-corrected chi connectivity index (χ2v) is 12.7. The SMILES string of the molecule is CN(C)c1ccc2cc(S(=O)(=O)O)c(N=Nc3cc(OCCO)c(N=Nc4ccc(N)cc4S(=O)(=O)O)cc3OCCO)c(O)c2c1. The van der Waals surface area contributed by atoms with Crippen molar-refractivity contribution in [1.82, 2.24) is 0 Å². The van der Waals surface area contributed by atoms with Crippen LogP contribution >= 0.6 is 0 Å². The number of benzene rings is 4. The summed E-state index contributed by atoms with van der Waals surface area (Å²) in [6, 6.07) is 11.9. The average Bonchev–Trinajstić information content (AvgIpc) is 3.01. The molecule has 19 heteroatoms. The van der Waals surface area contributed by atoms with Crippen LogP contribution in [0.4, 0.5) is 34.1 Å². The molecule has 0 saturated heterocycles. The van der Waals surface area contributed by atoms with E-state index >= 15 is 0 Å². The maximum Gasteiger partial charge on any atom is 0.296 e. The lowest BCUT2D eigenvalue weighted by Crippen LogP contribution is -2.08. The predicted octanol–water partition coefficient (Wildman–Crippen LogP) is 4.26. The molecule has 4 aromatic carbocycles. The van der Waals surface area contributed by atoms with Crippen LogP contribution in [0, 0.1) is 0 Å². The number of fused-ring (bicyclic) bond motifs is 1. The minimum Gasteiger partial charge on any atom is -0.505 e. The molecule has 0 radical (unpaired) electrons. The van der Waals surface area contributed by atoms with Crippen molar-refractivity contribution < 1.29 is 50.7 Å². The Kier molecular flexibility index (Phi) is 10.6. The van der Waals surface area contributed by atoms with Gasteiger partial charge in [0.2, 0.25) is 0 Å². The molecule has 17 nitrogen and oxygen atoms in total. The minimum atomic E-state index is -4.92. The first-order valence-corrected chi connectivity index (χ1v) is 16.3. The number of aromatic hydroxyl groups is 1. The van der Waals surface area contributed by atoms with E-state index in [2.05, 4.69) is 20.5 Å². The number of aliphatic hydroxyl groups is 2. The summed E-state index contributed by atoms with van der Waals surface area (Å²) in [7, 11) is -6.13. The minimum absolute atomic E-state index is 0.0330. The van der Waals surface area contributed by atoms with Crippen molar-refractivity contribution >= 4 is 65.1 Å². The summed E-state index contributed by atoms with van der Waals surface area (Å²) < 4.78 is 79.0. The Morgan fingerprint density at radius 1 is 0.723 bits per heavy atom. The molecule has 0 aliphatic carbocycles. The Balaban J connectivity index is 1.90. The average molecular weight is 691 g/mol. The molecule has 0 heterocycles. The molecule has 0 spiro atoms. The highest BCUT2D eigenvalue weighted by Gasteiger charge is 2.23. The van der Waals surface area contributed by atoms with Gasteiger partial charge in [0.15, 0.2) is 5.75 Å². The molecule has 0 unspecified atom stereocenters. The van der Waals surface area contributed by atoms with Gasteiger partial charge in [-0.3, -0.25) is 9.11 Å². The van der Waals surface area contributed by atoms with Crippen molar-refractivity contribution in [1.29, 1.82) is 0 Å². The van der Waals surface area contributed by atoms with Crippen LogP contribution in [0.25, 0.3) is 10.8 Å². The van der Waals surface area contributed by atoms with Crippen molar-refractivity contribution in [3.05, 3.63) is 54.6 Å². The monoisotopic (exact) mass is 690 g/mol. The number of nitrogen functional groups attached to an aromatic ring is 1. The Hall–Kier alpha value is -4.92. The summed E-state index contributed by atoms with van der Waals surface area (Å²) in [5.74, 6) is -0.796. The van der Waals surface area contributed by atoms with E-state index in [9.17, 15) is 41.3 Å². The van der Waals surface area contributed by atoms with E-state index in [0.29, 0.717) is 11.1 Å². The molecule has 0 aliphatic heterocycles. The second-order valence-electron chi connectivity index (χ2n) is 9.88. The van der Waals surface area contributed by atoms with E-state index in [4.69, 9.17) is 15.2 Å². The fraction of sp³-hybridized carbons (Fsp3) is 0.214. The van der Waals surface area contributed by atoms with Gasteiger partial charge in [0.05, 0.1) is 13.2 Å². The third-order valence-corrected chi connectivity index (χ3v) is 8.10. The summed E-state index contributed by atoms with van der Waals surface area (Å²) >= 11 is 0. The standard InChI is InChI=1S/C28H30N6O11S2/c1-34(2)18-5-3-16-11-26(47(41,42)43)27(28(37)19(16)13-18)33-32-22-15-23(44-9-7-35)21(14-24(22)45-10-8-36)31-30-20-6-4-17(29)12-25(20)46(38,39)40/h3-6,11-15,35-37H,7-10,29H2,1-2H3,(H,38,39,40)(H,41,42,43). The summed E-state index contributed by atoms with van der Waals surface area (Å²) in [5, 5.41) is 46.2. The van der Waals surface area contributed by atoms with Gasteiger partial charge in [-0.1, -0.05) is 6.07 Å². The van der Waals surface area contributed by atoms with Crippen LogP contribution in [0.2, 0.25) is 0 Å². The number of ether oxygens (including phenoxy) is 2. The smallest absolute Gasteiger partial charge is 0.296 e. The number of azo groups is 2. The first kappa shape index (κ1) is 34.9. The highest BCUT2D eigenvalue weighted by molar-refractivity contribution is 7.86. The Morgan fingerprint density at radius 3 is 1.81 bits per heavy atom. The Labute approximate surface area is 268 Å². The van der Waals surface area contributed by atoms with Gasteiger partial charge in [-0.2, -0.15) is 16.8 Å². The molecular weight excluding hydrogens is 660 g/mol. The van der Waals surface area contributed by atoms with Gasteiger partial charge in [-0.05, 0) is 41.8 Å². The van der Waals surface area contributed by atoms with Gasteiger partial charge < -0.3 is 35.4 Å². The molecule has 7 N–H and O–H groups in total. The molecule has 0 fully saturated rings. The van der Waals surface area contributed by atoms with Crippen LogP contribution < -0.4 is 20.1 Å². The van der Waals surface area contributed by atoms with E-state index < -0.39 is 54.7 Å². The number of anilines is 2. The summed E-state index contributed by atoms with van der Waals surface area (Å²) in [6.07, 6.45) is 0. The maximum absolute atomic E-state index is 12.3. The molecule has 0 amide bonds. The first-order chi connectivity index (χ1) is 22.1. The zero-order chi connectivity index (χ0) is 34.5. The summed E-state index contributed by atoms with van der Waals surface area (Å²) in [6.45, 7) is -1.38. The van der Waals surface area contributed by atoms with Crippen LogP contribution in [-0.2, 0) is 20.2 Å². The topological polar surface area (TPSA) is 267 Å². The van der Waals surface area contributed by atoms with E-state index in [1.165, 1.54) is 24.3 Å². The van der Waals surface area contributed by atoms with Gasteiger partial charge in [0.25, 0.3) is 20.2 Å². The van der Waals surface area contributed by atoms with Gasteiger partial charge >= 0.3 is 0 Å². The maximum atomic E-state index is 12.3. The van der Waals surface area contributed by atoms with E-state index in [1.807, 2.05) is 0 Å². The largest absolute Gasteiger partial charge is 0.505 e. The molecular formula is C28H30N6O11S2. The number of phenolic OH excluding ortho intramolecular Hbond substituents is 1. The first-order valence-electron chi connectivity index (χ1n) is 13.4. The normalized spacial score (nSPS) is 12.3. The molecule has 4 rings (SSSR count). The molecule has 0 atom stereocenters. The third kappa shape index (κ3) is 8.27. The fourth-order valence-electron chi connectivity index (χ4n) is 4.17. The summed E-state index contributed by atoms with van der Waals surface area (Å²) in [4.78, 5) is 0.399. The summed E-state index contributed by atoms with van der Waals surface area (Å²) in [5.41, 5.74) is 5.25. The number of hydrogen-bond acceptors (Lipinski definition) is 15. The molecule has 47 heavy (non-hydrogen) atoms. The van der Waals surface area contributed by atoms with Crippen LogP contribution in [0.3, 0.4) is 0 Å². The number of rotatable bonds is 13. The molecule has 0 bridgehead atoms. The lowest BCUT2D eigenvalue weighted by molar-refractivity contribution is 0.198. The number of phenols is 1. The molecule has 250 valence electrons. The van der Waals surface area contributed by atoms with Gasteiger partial charge in [0.1, 0.15) is 57.3 Å². The van der Waals surface area contributed by atoms with Crippen LogP contribution in [-0.4, -0.2) is 81.8 Å². The third-order valence-electron chi connectivity index (χ3n) is 6.35. The Morgan fingerprint density at radius 2 is 1.28 bits per heavy atom. The second kappa shape index (κ2) is 14.2. The van der Waals surface area contributed by atoms with Crippen LogP contribution in [0.5, 0.6) is 17.2 Å². The zero-order valence-corrected chi connectivity index (χ0v) is 26.5. The van der Waals surface area contributed by atoms with Crippen molar-refractivity contribution in [3.63, 3.8) is 0 Å². The quantitative estimate of drug-likeness (QED) is 0.0651. The van der Waals surface area contributed by atoms with Gasteiger partial charge in [-0.25, -0.2) is 0 Å². The highest BCUT2D eigenvalue weighted by Crippen LogP contribution is 2.45. The lowest BCUT2D eigenvalue weighted by atomic mass is 10.1. The predicted molar refractivity (Wildman–Crippen MR) is 170 cm³/mol. The number of aliphatic hydroxyl groups excluding tert-OH is 2. The Bertz CT molecular complexity index is 2090. The lowest BCUT2D eigenvalue weighted by Gasteiger charge is -2.15. The van der Waals surface area contributed by atoms with Gasteiger partial charge in [0, 0.05) is 43.0 Å². The van der Waals surface area contributed by atoms with Crippen molar-refractivity contribution in [3.8, 4) is 17.2 Å². The van der Waals surface area contributed by atoms with E-state index in [-0.39, 0.29) is 52.8 Å². The highest BCUT2D eigenvalue weighted by atomic mass is 32.2. The van der Waals surface area contributed by atoms with E-state index in [0.717, 1.165) is 12.1 Å². The number of nitrogens with two attached hydrogens (primary N) is 1. The van der Waals surface area contributed by atoms with Crippen LogP contribution in [0.15, 0.2) is 84.8 Å². The van der Waals surface area contributed by atoms with Crippen molar-refractivity contribution in [2.45, 2.75) is 9.79 Å². The number of nitrogens with zero attached hydrogens (tertiary/aromatic N) is 5. The van der Waals surface area contributed by atoms with Crippen LogP contribution in [0.1, 0.15) is 0 Å². The zero-order valence-electron chi connectivity index (χ0n) is 24.8. The molecule has 4 aromatic rings. The fourth-order valence-corrected chi connectivity index (χ4v) is 5.49. The van der Waals surface area contributed by atoms with E-state index in [1.54, 1.807) is 37.2 Å². The number of hydrogen-bond donors (Lipinski definition) is 6. The van der Waals surface area contributed by atoms with Crippen molar-refractivity contribution in [2.75, 3.05) is 51.2 Å². The molecule has 0 saturated carbocycles. The van der Waals surface area contributed by atoms with Crippen molar-refractivity contribution in [2.24, 2.45) is 20.5 Å². The van der Waals surface area contributed by atoms with Gasteiger partial charge in [-0.15, -0.1) is 20.5 Å².